The highest BCUT2D eigenvalue weighted by atomic mass is 16.5. The second-order valence-corrected chi connectivity index (χ2v) is 5.61. The molecule has 3 heteroatoms. The van der Waals surface area contributed by atoms with Crippen molar-refractivity contribution in [2.45, 2.75) is 33.7 Å². The Morgan fingerprint density at radius 1 is 1.32 bits per heavy atom. The lowest BCUT2D eigenvalue weighted by molar-refractivity contribution is 0.410. The molecule has 0 amide bonds. The number of hydrogen-bond acceptors (Lipinski definition) is 3. The van der Waals surface area contributed by atoms with E-state index in [4.69, 9.17) is 4.74 Å². The van der Waals surface area contributed by atoms with Crippen LogP contribution in [-0.2, 0) is 6.54 Å². The maximum atomic E-state index is 5.42. The first-order chi connectivity index (χ1) is 9.13. The summed E-state index contributed by atoms with van der Waals surface area (Å²) in [6.07, 6.45) is 1.30. The number of nitrogens with one attached hydrogen (secondary N) is 2. The molecule has 1 unspecified atom stereocenters. The van der Waals surface area contributed by atoms with E-state index in [2.05, 4.69) is 37.5 Å². The van der Waals surface area contributed by atoms with Gasteiger partial charge in [-0.2, -0.15) is 0 Å². The molecular weight excluding hydrogens is 236 g/mol. The van der Waals surface area contributed by atoms with Gasteiger partial charge in [-0.1, -0.05) is 0 Å². The molecule has 0 saturated carbocycles. The molecule has 0 bridgehead atoms. The normalized spacial score (nSPS) is 18.8. The van der Waals surface area contributed by atoms with Crippen molar-refractivity contribution in [1.29, 1.82) is 0 Å². The zero-order valence-electron chi connectivity index (χ0n) is 12.6. The van der Waals surface area contributed by atoms with Gasteiger partial charge in [0.15, 0.2) is 0 Å². The first-order valence-electron chi connectivity index (χ1n) is 7.18. The fourth-order valence-electron chi connectivity index (χ4n) is 2.87. The van der Waals surface area contributed by atoms with Gasteiger partial charge in [0.1, 0.15) is 5.75 Å². The number of benzene rings is 1. The molecule has 1 atom stereocenters. The third-order valence-corrected chi connectivity index (χ3v) is 4.33. The Morgan fingerprint density at radius 3 is 2.74 bits per heavy atom. The third kappa shape index (κ3) is 3.28. The van der Waals surface area contributed by atoms with Crippen molar-refractivity contribution < 1.29 is 4.74 Å². The van der Waals surface area contributed by atoms with Gasteiger partial charge in [-0.05, 0) is 81.1 Å². The Morgan fingerprint density at radius 2 is 2.11 bits per heavy atom. The lowest BCUT2D eigenvalue weighted by atomic mass is 9.97. The van der Waals surface area contributed by atoms with Crippen LogP contribution in [0.4, 0.5) is 0 Å². The lowest BCUT2D eigenvalue weighted by Gasteiger charge is -2.17. The predicted molar refractivity (Wildman–Crippen MR) is 79.9 cm³/mol. The lowest BCUT2D eigenvalue weighted by Crippen LogP contribution is -2.24. The summed E-state index contributed by atoms with van der Waals surface area (Å²) in [5.74, 6) is 1.79. The van der Waals surface area contributed by atoms with Crippen LogP contribution in [0.5, 0.6) is 5.75 Å². The van der Waals surface area contributed by atoms with Crippen LogP contribution in [0, 0.1) is 26.7 Å². The molecule has 1 aliphatic rings. The van der Waals surface area contributed by atoms with Crippen LogP contribution in [0.15, 0.2) is 6.07 Å². The van der Waals surface area contributed by atoms with E-state index in [0.29, 0.717) is 0 Å². The maximum absolute atomic E-state index is 5.42. The van der Waals surface area contributed by atoms with Gasteiger partial charge in [-0.3, -0.25) is 0 Å². The maximum Gasteiger partial charge on any atom is 0.122 e. The Hall–Kier alpha value is -1.06. The van der Waals surface area contributed by atoms with Crippen molar-refractivity contribution in [3.63, 3.8) is 0 Å². The average molecular weight is 262 g/mol. The Bertz CT molecular complexity index is 437. The summed E-state index contributed by atoms with van der Waals surface area (Å²) in [5, 5.41) is 7.02. The molecule has 1 aromatic carbocycles. The quantitative estimate of drug-likeness (QED) is 0.854. The summed E-state index contributed by atoms with van der Waals surface area (Å²) in [7, 11) is 1.74. The molecule has 19 heavy (non-hydrogen) atoms. The number of rotatable bonds is 5. The molecule has 0 spiro atoms. The van der Waals surface area contributed by atoms with Crippen LogP contribution < -0.4 is 15.4 Å². The second kappa shape index (κ2) is 6.40. The molecular formula is C16H26N2O. The summed E-state index contributed by atoms with van der Waals surface area (Å²) in [6, 6.07) is 2.15. The fraction of sp³-hybridized carbons (Fsp3) is 0.625. The van der Waals surface area contributed by atoms with Crippen molar-refractivity contribution in [2.24, 2.45) is 5.92 Å². The predicted octanol–water partition coefficient (Wildman–Crippen LogP) is 2.32. The molecule has 106 valence electrons. The van der Waals surface area contributed by atoms with Gasteiger partial charge < -0.3 is 15.4 Å². The van der Waals surface area contributed by atoms with Gasteiger partial charge in [0.05, 0.1) is 7.11 Å². The van der Waals surface area contributed by atoms with E-state index in [9.17, 15) is 0 Å². The van der Waals surface area contributed by atoms with Crippen LogP contribution in [0.1, 0.15) is 28.7 Å². The summed E-state index contributed by atoms with van der Waals surface area (Å²) >= 11 is 0. The molecule has 1 aromatic rings. The zero-order chi connectivity index (χ0) is 13.8. The van der Waals surface area contributed by atoms with Crippen molar-refractivity contribution in [3.05, 3.63) is 28.3 Å². The molecule has 0 radical (unpaired) electrons. The van der Waals surface area contributed by atoms with E-state index in [-0.39, 0.29) is 0 Å². The summed E-state index contributed by atoms with van der Waals surface area (Å²) in [5.41, 5.74) is 5.35. The van der Waals surface area contributed by atoms with Gasteiger partial charge in [0.2, 0.25) is 0 Å². The van der Waals surface area contributed by atoms with Gasteiger partial charge in [-0.25, -0.2) is 0 Å². The topological polar surface area (TPSA) is 33.3 Å². The van der Waals surface area contributed by atoms with Gasteiger partial charge >= 0.3 is 0 Å². The van der Waals surface area contributed by atoms with E-state index in [1.807, 2.05) is 0 Å². The molecule has 3 nitrogen and oxygen atoms in total. The molecule has 2 N–H and O–H groups in total. The highest BCUT2D eigenvalue weighted by molar-refractivity contribution is 5.48. The molecule has 1 aliphatic heterocycles. The van der Waals surface area contributed by atoms with Gasteiger partial charge in [0, 0.05) is 6.54 Å². The average Bonchev–Trinajstić information content (AvgIpc) is 2.91. The minimum absolute atomic E-state index is 0.792. The van der Waals surface area contributed by atoms with Crippen LogP contribution in [-0.4, -0.2) is 26.7 Å². The minimum atomic E-state index is 0.792. The van der Waals surface area contributed by atoms with E-state index < -0.39 is 0 Å². The summed E-state index contributed by atoms with van der Waals surface area (Å²) in [6.45, 7) is 10.9. The Labute approximate surface area is 116 Å². The van der Waals surface area contributed by atoms with E-state index in [1.54, 1.807) is 7.11 Å². The fourth-order valence-corrected chi connectivity index (χ4v) is 2.87. The largest absolute Gasteiger partial charge is 0.496 e. The van der Waals surface area contributed by atoms with Crippen LogP contribution in [0.2, 0.25) is 0 Å². The third-order valence-electron chi connectivity index (χ3n) is 4.33. The van der Waals surface area contributed by atoms with Crippen LogP contribution in [0.25, 0.3) is 0 Å². The van der Waals surface area contributed by atoms with Crippen molar-refractivity contribution in [1.82, 2.24) is 10.6 Å². The first kappa shape index (κ1) is 14.4. The molecule has 1 saturated heterocycles. The van der Waals surface area contributed by atoms with Crippen LogP contribution in [0.3, 0.4) is 0 Å². The highest BCUT2D eigenvalue weighted by Gasteiger charge is 2.15. The molecule has 1 fully saturated rings. The van der Waals surface area contributed by atoms with E-state index in [0.717, 1.165) is 31.3 Å². The highest BCUT2D eigenvalue weighted by Crippen LogP contribution is 2.27. The van der Waals surface area contributed by atoms with Gasteiger partial charge in [0.25, 0.3) is 0 Å². The molecule has 2 rings (SSSR count). The van der Waals surface area contributed by atoms with Crippen molar-refractivity contribution >= 4 is 0 Å². The number of ether oxygens (including phenoxy) is 1. The second-order valence-electron chi connectivity index (χ2n) is 5.61. The Balaban J connectivity index is 2.01. The van der Waals surface area contributed by atoms with Gasteiger partial charge in [-0.15, -0.1) is 0 Å². The number of hydrogen-bond donors (Lipinski definition) is 2. The number of aryl methyl sites for hydroxylation is 1. The molecule has 1 heterocycles. The first-order valence-corrected chi connectivity index (χ1v) is 7.18. The van der Waals surface area contributed by atoms with Crippen molar-refractivity contribution in [3.8, 4) is 5.75 Å². The SMILES string of the molecule is COc1cc(C)c(CNCC2CCNC2)c(C)c1C. The Kier molecular flexibility index (Phi) is 4.83. The van der Waals surface area contributed by atoms with Crippen molar-refractivity contribution in [2.75, 3.05) is 26.7 Å². The monoisotopic (exact) mass is 262 g/mol. The van der Waals surface area contributed by atoms with E-state index >= 15 is 0 Å². The van der Waals surface area contributed by atoms with Crippen LogP contribution >= 0.6 is 0 Å². The molecule has 0 aromatic heterocycles. The minimum Gasteiger partial charge on any atom is -0.496 e. The zero-order valence-corrected chi connectivity index (χ0v) is 12.6. The number of methoxy groups -OCH3 is 1. The summed E-state index contributed by atoms with van der Waals surface area (Å²) in [4.78, 5) is 0. The summed E-state index contributed by atoms with van der Waals surface area (Å²) < 4.78 is 5.42. The molecule has 0 aliphatic carbocycles. The van der Waals surface area contributed by atoms with E-state index in [1.165, 1.54) is 35.2 Å². The standard InChI is InChI=1S/C16H26N2O/c1-11-7-16(19-4)13(3)12(2)15(11)10-18-9-14-5-6-17-8-14/h7,14,17-18H,5-6,8-10H2,1-4H3. The smallest absolute Gasteiger partial charge is 0.122 e.